The van der Waals surface area contributed by atoms with E-state index in [-0.39, 0.29) is 61.5 Å². The molecule has 0 bridgehead atoms. The van der Waals surface area contributed by atoms with Crippen molar-refractivity contribution in [3.63, 3.8) is 0 Å². The average molecular weight is 930 g/mol. The molecule has 0 fully saturated rings. The molecule has 0 atom stereocenters. The summed E-state index contributed by atoms with van der Waals surface area (Å²) in [7, 11) is 0. The standard InChI is InChI=1S/3C8H18O4.3C2H4O2S.Sb/c3*1-2-10-5-6-12-8-7-11-4-3-9;3*3-2(4)1-5;/h3*9H,2-8H2,1H3;3*5H,1H2,(H,3,4);/q;;;;;;+3/p-3. The molecule has 3 N–H and O–H groups in total. The van der Waals surface area contributed by atoms with Crippen molar-refractivity contribution in [1.29, 1.82) is 0 Å². The number of hydrogen-bond donors (Lipinski definition) is 6. The normalized spacial score (nSPS) is 9.40. The Balaban J connectivity index is -0.0000000972. The van der Waals surface area contributed by atoms with E-state index < -0.39 is 17.9 Å². The Kier molecular flexibility index (Phi) is 92.4. The number of ether oxygens (including phenoxy) is 9. The van der Waals surface area contributed by atoms with E-state index in [9.17, 15) is 29.7 Å². The monoisotopic (exact) mass is 928 g/mol. The van der Waals surface area contributed by atoms with Crippen LogP contribution in [0.5, 0.6) is 0 Å². The molecule has 18 nitrogen and oxygen atoms in total. The molecule has 0 aliphatic heterocycles. The summed E-state index contributed by atoms with van der Waals surface area (Å²) in [6.07, 6.45) is 0. The number of aliphatic hydroxyl groups excluding tert-OH is 3. The van der Waals surface area contributed by atoms with Gasteiger partial charge in [-0.2, -0.15) is 37.9 Å². The van der Waals surface area contributed by atoms with Crippen molar-refractivity contribution >= 4 is 80.2 Å². The number of carbonyl (C=O) groups excluding carboxylic acids is 3. The van der Waals surface area contributed by atoms with Crippen molar-refractivity contribution in [2.75, 3.05) is 156 Å². The summed E-state index contributed by atoms with van der Waals surface area (Å²) in [5.41, 5.74) is 0. The predicted molar refractivity (Wildman–Crippen MR) is 198 cm³/mol. The quantitative estimate of drug-likeness (QED) is 0.0227. The molecule has 2 radical (unpaired) electrons. The van der Waals surface area contributed by atoms with E-state index in [0.29, 0.717) is 99.1 Å². The van der Waals surface area contributed by atoms with E-state index in [1.165, 1.54) is 0 Å². The third-order valence-electron chi connectivity index (χ3n) is 3.94. The summed E-state index contributed by atoms with van der Waals surface area (Å²) in [4.78, 5) is 27.5. The fourth-order valence-corrected chi connectivity index (χ4v) is 1.95. The molecule has 0 aliphatic carbocycles. The van der Waals surface area contributed by atoms with Crippen LogP contribution in [0.3, 0.4) is 0 Å². The molecule has 314 valence electrons. The molecule has 0 aromatic carbocycles. The Morgan fingerprint density at radius 2 is 0.519 bits per heavy atom. The third-order valence-corrected chi connectivity index (χ3v) is 4.71. The summed E-state index contributed by atoms with van der Waals surface area (Å²) in [5, 5.41) is 52.6. The molecular weight excluding hydrogens is 866 g/mol. The third kappa shape index (κ3) is 110. The molecule has 52 heavy (non-hydrogen) atoms. The number of aliphatic hydroxyl groups is 3. The number of hydrogen-bond acceptors (Lipinski definition) is 21. The summed E-state index contributed by atoms with van der Waals surface area (Å²) in [6, 6.07) is 0. The second-order valence-corrected chi connectivity index (χ2v) is 8.97. The predicted octanol–water partition coefficient (Wildman–Crippen LogP) is -4.24. The maximum atomic E-state index is 9.18. The summed E-state index contributed by atoms with van der Waals surface area (Å²) in [6.45, 7) is 16.4. The fraction of sp³-hybridized carbons (Fsp3) is 0.900. The first-order valence-electron chi connectivity index (χ1n) is 16.0. The Hall–Kier alpha value is -0.202. The van der Waals surface area contributed by atoms with Gasteiger partial charge in [0.15, 0.2) is 0 Å². The summed E-state index contributed by atoms with van der Waals surface area (Å²) >= 11 is 10.1. The second-order valence-electron chi connectivity index (χ2n) is 8.03. The van der Waals surface area contributed by atoms with Crippen LogP contribution in [-0.4, -0.2) is 214 Å². The van der Waals surface area contributed by atoms with Gasteiger partial charge in [0.1, 0.15) is 0 Å². The van der Waals surface area contributed by atoms with Crippen molar-refractivity contribution in [2.24, 2.45) is 0 Å². The topological polar surface area (TPSA) is 264 Å². The van der Waals surface area contributed by atoms with Crippen LogP contribution >= 0.6 is 37.9 Å². The zero-order valence-electron chi connectivity index (χ0n) is 30.7. The Labute approximate surface area is 343 Å². The van der Waals surface area contributed by atoms with Gasteiger partial charge in [-0.25, -0.2) is 0 Å². The first kappa shape index (κ1) is 66.6. The molecule has 0 amide bonds. The number of carboxylic acid groups (broad SMARTS) is 3. The van der Waals surface area contributed by atoms with Crippen LogP contribution in [0.1, 0.15) is 20.8 Å². The van der Waals surface area contributed by atoms with Crippen molar-refractivity contribution in [2.45, 2.75) is 20.8 Å². The van der Waals surface area contributed by atoms with Crippen molar-refractivity contribution in [3.05, 3.63) is 0 Å². The molecule has 0 aliphatic rings. The summed E-state index contributed by atoms with van der Waals surface area (Å²) < 4.78 is 45.5. The van der Waals surface area contributed by atoms with Crippen LogP contribution in [0.4, 0.5) is 0 Å². The first-order chi connectivity index (χ1) is 24.6. The molecule has 0 unspecified atom stereocenters. The molecule has 0 heterocycles. The largest absolute Gasteiger partial charge is 3.00 e. The van der Waals surface area contributed by atoms with E-state index in [1.807, 2.05) is 20.8 Å². The number of rotatable bonds is 30. The van der Waals surface area contributed by atoms with Gasteiger partial charge in [-0.1, -0.05) is 0 Å². The first-order valence-corrected chi connectivity index (χ1v) is 17.9. The van der Waals surface area contributed by atoms with E-state index in [1.54, 1.807) is 0 Å². The van der Waals surface area contributed by atoms with Crippen LogP contribution in [0, 0.1) is 0 Å². The van der Waals surface area contributed by atoms with Crippen LogP contribution in [-0.2, 0) is 57.0 Å². The minimum Gasteiger partial charge on any atom is -0.549 e. The van der Waals surface area contributed by atoms with Gasteiger partial charge in [0.05, 0.1) is 137 Å². The van der Waals surface area contributed by atoms with E-state index in [4.69, 9.17) is 58.0 Å². The summed E-state index contributed by atoms with van der Waals surface area (Å²) in [5.74, 6) is -3.98. The molecule has 0 rings (SSSR count). The number of thiol groups is 3. The van der Waals surface area contributed by atoms with Gasteiger partial charge in [-0.15, -0.1) is 0 Å². The average Bonchev–Trinajstić information content (AvgIpc) is 3.13. The second kappa shape index (κ2) is 72.1. The number of aliphatic carboxylic acids is 3. The Morgan fingerprint density at radius 3 is 0.635 bits per heavy atom. The molecule has 0 aromatic heterocycles. The minimum atomic E-state index is -1.13. The molecule has 0 saturated heterocycles. The SMILES string of the molecule is CCOCCOCCOCCO.CCOCCOCCOCCO.CCOCCOCCOCCO.O=C([O-])CS.O=C([O-])CS.O=C([O-])CS.[Sb+3]. The van der Waals surface area contributed by atoms with E-state index in [2.05, 4.69) is 37.9 Å². The van der Waals surface area contributed by atoms with Gasteiger partial charge >= 0.3 is 24.4 Å². The number of carboxylic acids is 3. The van der Waals surface area contributed by atoms with Crippen molar-refractivity contribution in [1.82, 2.24) is 0 Å². The molecule has 0 aromatic rings. The maximum absolute atomic E-state index is 9.18. The van der Waals surface area contributed by atoms with Crippen LogP contribution in [0.2, 0.25) is 0 Å². The van der Waals surface area contributed by atoms with Crippen LogP contribution in [0.25, 0.3) is 0 Å². The molecular formula is C30H63O18S3Sb. The molecule has 0 spiro atoms. The van der Waals surface area contributed by atoms with Crippen molar-refractivity contribution < 1.29 is 87.7 Å². The Bertz CT molecular complexity index is 525. The zero-order chi connectivity index (χ0) is 40.1. The molecule has 0 saturated carbocycles. The van der Waals surface area contributed by atoms with Crippen molar-refractivity contribution in [3.8, 4) is 0 Å². The fourth-order valence-electron chi connectivity index (χ4n) is 1.95. The van der Waals surface area contributed by atoms with Gasteiger partial charge < -0.3 is 87.7 Å². The zero-order valence-corrected chi connectivity index (χ0v) is 36.0. The number of carbonyl (C=O) groups is 3. The van der Waals surface area contributed by atoms with Gasteiger partial charge in [0.25, 0.3) is 0 Å². The van der Waals surface area contributed by atoms with Crippen LogP contribution in [0.15, 0.2) is 0 Å². The van der Waals surface area contributed by atoms with Gasteiger partial charge in [0.2, 0.25) is 0 Å². The van der Waals surface area contributed by atoms with Gasteiger partial charge in [0, 0.05) is 37.1 Å². The maximum Gasteiger partial charge on any atom is 3.00 e. The van der Waals surface area contributed by atoms with E-state index >= 15 is 0 Å². The van der Waals surface area contributed by atoms with Gasteiger partial charge in [-0.05, 0) is 20.8 Å². The smallest absolute Gasteiger partial charge is 0.549 e. The molecule has 22 heteroatoms. The van der Waals surface area contributed by atoms with E-state index in [0.717, 1.165) is 19.8 Å². The van der Waals surface area contributed by atoms with Gasteiger partial charge in [-0.3, -0.25) is 0 Å². The Morgan fingerprint density at radius 1 is 0.385 bits per heavy atom. The minimum absolute atomic E-state index is 0. The van der Waals surface area contributed by atoms with Crippen LogP contribution < -0.4 is 15.3 Å².